The van der Waals surface area contributed by atoms with Gasteiger partial charge < -0.3 is 15.0 Å². The van der Waals surface area contributed by atoms with Gasteiger partial charge in [-0.3, -0.25) is 9.59 Å². The van der Waals surface area contributed by atoms with Crippen LogP contribution in [0.5, 0.6) is 5.75 Å². The number of carbonyl (C=O) groups is 2. The average molecular weight is 409 g/mol. The molecular formula is C25H32N2O3. The van der Waals surface area contributed by atoms with Crippen LogP contribution in [0.3, 0.4) is 0 Å². The highest BCUT2D eigenvalue weighted by atomic mass is 16.5. The molecule has 0 aromatic heterocycles. The summed E-state index contributed by atoms with van der Waals surface area (Å²) < 4.78 is 5.76. The molecule has 2 aromatic carbocycles. The molecule has 2 amide bonds. The Bertz CT molecular complexity index is 885. The van der Waals surface area contributed by atoms with Gasteiger partial charge >= 0.3 is 0 Å². The summed E-state index contributed by atoms with van der Waals surface area (Å²) in [5.74, 6) is 0.859. The molecule has 1 unspecified atom stereocenters. The Labute approximate surface area is 179 Å². The van der Waals surface area contributed by atoms with Gasteiger partial charge in [0.05, 0.1) is 12.1 Å². The third kappa shape index (κ3) is 5.41. The van der Waals surface area contributed by atoms with Gasteiger partial charge in [0.15, 0.2) is 0 Å². The van der Waals surface area contributed by atoms with Crippen molar-refractivity contribution < 1.29 is 14.3 Å². The van der Waals surface area contributed by atoms with Gasteiger partial charge in [0.2, 0.25) is 5.91 Å². The molecule has 1 fully saturated rings. The summed E-state index contributed by atoms with van der Waals surface area (Å²) in [5, 5.41) is 3.13. The van der Waals surface area contributed by atoms with Crippen molar-refractivity contribution in [1.82, 2.24) is 10.2 Å². The standard InChI is InChI=1S/C25H32N2O3/c1-17(2)30-22-10-7-9-21(16-22)19(4)26-24(28)20-12-14-27(15-13-20)25(29)23-11-6-5-8-18(23)3/h5-11,16-17,19-20H,12-15H2,1-4H3,(H,26,28). The van der Waals surface area contributed by atoms with E-state index >= 15 is 0 Å². The number of ether oxygens (including phenoxy) is 1. The number of rotatable bonds is 6. The van der Waals surface area contributed by atoms with Gasteiger partial charge in [0.25, 0.3) is 5.91 Å². The third-order valence-electron chi connectivity index (χ3n) is 5.62. The third-order valence-corrected chi connectivity index (χ3v) is 5.62. The number of aryl methyl sites for hydroxylation is 1. The van der Waals surface area contributed by atoms with Crippen LogP contribution >= 0.6 is 0 Å². The topological polar surface area (TPSA) is 58.6 Å². The van der Waals surface area contributed by atoms with Crippen molar-refractivity contribution in [2.45, 2.75) is 52.7 Å². The number of piperidine rings is 1. The summed E-state index contributed by atoms with van der Waals surface area (Å²) in [6.07, 6.45) is 1.48. The van der Waals surface area contributed by atoms with Crippen LogP contribution in [0.25, 0.3) is 0 Å². The van der Waals surface area contributed by atoms with Crippen molar-refractivity contribution in [2.75, 3.05) is 13.1 Å². The van der Waals surface area contributed by atoms with Crippen molar-refractivity contribution >= 4 is 11.8 Å². The number of amides is 2. The van der Waals surface area contributed by atoms with Crippen LogP contribution in [-0.4, -0.2) is 35.9 Å². The Balaban J connectivity index is 1.54. The highest BCUT2D eigenvalue weighted by Crippen LogP contribution is 2.23. The molecule has 1 aliphatic heterocycles. The number of likely N-dealkylation sites (tertiary alicyclic amines) is 1. The van der Waals surface area contributed by atoms with Crippen LogP contribution in [0.15, 0.2) is 48.5 Å². The van der Waals surface area contributed by atoms with Gasteiger partial charge in [0, 0.05) is 24.6 Å². The fourth-order valence-electron chi connectivity index (χ4n) is 3.87. The first-order valence-corrected chi connectivity index (χ1v) is 10.8. The van der Waals surface area contributed by atoms with Crippen molar-refractivity contribution in [3.05, 3.63) is 65.2 Å². The van der Waals surface area contributed by atoms with E-state index < -0.39 is 0 Å². The summed E-state index contributed by atoms with van der Waals surface area (Å²) in [7, 11) is 0. The first kappa shape index (κ1) is 21.9. The van der Waals surface area contributed by atoms with E-state index in [0.29, 0.717) is 25.9 Å². The largest absolute Gasteiger partial charge is 0.491 e. The Kier molecular flexibility index (Phi) is 7.14. The maximum absolute atomic E-state index is 12.8. The second-order valence-corrected chi connectivity index (χ2v) is 8.35. The molecule has 0 spiro atoms. The van der Waals surface area contributed by atoms with Crippen LogP contribution in [0.4, 0.5) is 0 Å². The van der Waals surface area contributed by atoms with E-state index in [1.165, 1.54) is 0 Å². The van der Waals surface area contributed by atoms with Crippen LogP contribution in [-0.2, 0) is 4.79 Å². The second-order valence-electron chi connectivity index (χ2n) is 8.35. The monoisotopic (exact) mass is 408 g/mol. The SMILES string of the molecule is Cc1ccccc1C(=O)N1CCC(C(=O)NC(C)c2cccc(OC(C)C)c2)CC1. The Morgan fingerprint density at radius 1 is 1.03 bits per heavy atom. The molecule has 0 radical (unpaired) electrons. The minimum absolute atomic E-state index is 0.0562. The molecule has 1 saturated heterocycles. The lowest BCUT2D eigenvalue weighted by Crippen LogP contribution is -2.43. The number of carbonyl (C=O) groups excluding carboxylic acids is 2. The molecule has 3 rings (SSSR count). The molecule has 1 N–H and O–H groups in total. The molecule has 2 aromatic rings. The molecule has 5 heteroatoms. The molecule has 1 aliphatic rings. The Morgan fingerprint density at radius 3 is 2.40 bits per heavy atom. The highest BCUT2D eigenvalue weighted by Gasteiger charge is 2.29. The van der Waals surface area contributed by atoms with Crippen LogP contribution < -0.4 is 10.1 Å². The first-order chi connectivity index (χ1) is 14.3. The number of hydrogen-bond donors (Lipinski definition) is 1. The lowest BCUT2D eigenvalue weighted by atomic mass is 9.94. The predicted octanol–water partition coefficient (Wildman–Crippen LogP) is 4.51. The minimum Gasteiger partial charge on any atom is -0.491 e. The first-order valence-electron chi connectivity index (χ1n) is 10.8. The van der Waals surface area contributed by atoms with Gasteiger partial charge in [0.1, 0.15) is 5.75 Å². The average Bonchev–Trinajstić information content (AvgIpc) is 2.73. The van der Waals surface area contributed by atoms with E-state index in [0.717, 1.165) is 22.4 Å². The lowest BCUT2D eigenvalue weighted by Gasteiger charge is -2.32. The smallest absolute Gasteiger partial charge is 0.254 e. The number of benzene rings is 2. The molecule has 5 nitrogen and oxygen atoms in total. The summed E-state index contributed by atoms with van der Waals surface area (Å²) in [5.41, 5.74) is 2.76. The van der Waals surface area contributed by atoms with Gasteiger partial charge in [-0.15, -0.1) is 0 Å². The van der Waals surface area contributed by atoms with Crippen molar-refractivity contribution in [1.29, 1.82) is 0 Å². The molecule has 30 heavy (non-hydrogen) atoms. The van der Waals surface area contributed by atoms with E-state index in [2.05, 4.69) is 5.32 Å². The van der Waals surface area contributed by atoms with Crippen molar-refractivity contribution in [2.24, 2.45) is 5.92 Å². The van der Waals surface area contributed by atoms with Crippen LogP contribution in [0, 0.1) is 12.8 Å². The minimum atomic E-state index is -0.0974. The predicted molar refractivity (Wildman–Crippen MR) is 119 cm³/mol. The fourth-order valence-corrected chi connectivity index (χ4v) is 3.87. The van der Waals surface area contributed by atoms with E-state index in [9.17, 15) is 9.59 Å². The Hall–Kier alpha value is -2.82. The quantitative estimate of drug-likeness (QED) is 0.765. The summed E-state index contributed by atoms with van der Waals surface area (Å²) in [4.78, 5) is 27.4. The molecule has 1 heterocycles. The van der Waals surface area contributed by atoms with E-state index in [-0.39, 0.29) is 29.9 Å². The van der Waals surface area contributed by atoms with Crippen molar-refractivity contribution in [3.8, 4) is 5.75 Å². The molecule has 160 valence electrons. The maximum Gasteiger partial charge on any atom is 0.254 e. The fraction of sp³-hybridized carbons (Fsp3) is 0.440. The molecule has 1 atom stereocenters. The zero-order valence-corrected chi connectivity index (χ0v) is 18.4. The van der Waals surface area contributed by atoms with E-state index in [4.69, 9.17) is 4.74 Å². The number of nitrogens with zero attached hydrogens (tertiary/aromatic N) is 1. The van der Waals surface area contributed by atoms with Gasteiger partial charge in [-0.05, 0) is 69.9 Å². The van der Waals surface area contributed by atoms with Gasteiger partial charge in [-0.2, -0.15) is 0 Å². The molecular weight excluding hydrogens is 376 g/mol. The normalized spacial score (nSPS) is 15.7. The summed E-state index contributed by atoms with van der Waals surface area (Å²) >= 11 is 0. The van der Waals surface area contributed by atoms with E-state index in [1.807, 2.05) is 81.1 Å². The van der Waals surface area contributed by atoms with E-state index in [1.54, 1.807) is 0 Å². The van der Waals surface area contributed by atoms with Gasteiger partial charge in [-0.1, -0.05) is 30.3 Å². The van der Waals surface area contributed by atoms with Crippen molar-refractivity contribution in [3.63, 3.8) is 0 Å². The lowest BCUT2D eigenvalue weighted by molar-refractivity contribution is -0.127. The van der Waals surface area contributed by atoms with Gasteiger partial charge in [-0.25, -0.2) is 0 Å². The number of nitrogens with one attached hydrogen (secondary N) is 1. The highest BCUT2D eigenvalue weighted by molar-refractivity contribution is 5.95. The number of hydrogen-bond acceptors (Lipinski definition) is 3. The zero-order valence-electron chi connectivity index (χ0n) is 18.4. The van der Waals surface area contributed by atoms with Crippen LogP contribution in [0.2, 0.25) is 0 Å². The molecule has 0 aliphatic carbocycles. The maximum atomic E-state index is 12.8. The Morgan fingerprint density at radius 2 is 1.73 bits per heavy atom. The molecule has 0 bridgehead atoms. The molecule has 0 saturated carbocycles. The summed E-state index contributed by atoms with van der Waals surface area (Å²) in [6.45, 7) is 9.15. The van der Waals surface area contributed by atoms with Crippen LogP contribution in [0.1, 0.15) is 61.1 Å². The second kappa shape index (κ2) is 9.79. The zero-order chi connectivity index (χ0) is 21.7. The summed E-state index contributed by atoms with van der Waals surface area (Å²) in [6, 6.07) is 15.4.